The Balaban J connectivity index is 1.67. The summed E-state index contributed by atoms with van der Waals surface area (Å²) < 4.78 is 1.84. The van der Waals surface area contributed by atoms with E-state index < -0.39 is 0 Å². The second-order valence-corrected chi connectivity index (χ2v) is 8.88. The lowest BCUT2D eigenvalue weighted by Crippen LogP contribution is -2.48. The molecule has 0 aromatic heterocycles. The van der Waals surface area contributed by atoms with Crippen molar-refractivity contribution in [2.75, 3.05) is 38.0 Å². The van der Waals surface area contributed by atoms with E-state index in [4.69, 9.17) is 0 Å². The van der Waals surface area contributed by atoms with Crippen molar-refractivity contribution in [2.24, 2.45) is 0 Å². The fourth-order valence-electron chi connectivity index (χ4n) is 3.24. The molecule has 28 heavy (non-hydrogen) atoms. The third-order valence-corrected chi connectivity index (χ3v) is 6.20. The summed E-state index contributed by atoms with van der Waals surface area (Å²) in [7, 11) is 0. The van der Waals surface area contributed by atoms with Crippen molar-refractivity contribution in [3.63, 3.8) is 0 Å². The summed E-state index contributed by atoms with van der Waals surface area (Å²) >= 11 is 5.71. The molecule has 0 radical (unpaired) electrons. The summed E-state index contributed by atoms with van der Waals surface area (Å²) in [5.41, 5.74) is 2.18. The SMILES string of the molecule is CCN1CCN(C(=O)c2cc(NC(=O)Cc3cccc(I)c3)ccc2Br)CC1. The number of piperazine rings is 1. The van der Waals surface area contributed by atoms with Gasteiger partial charge in [0.05, 0.1) is 12.0 Å². The molecular weight excluding hydrogens is 533 g/mol. The number of nitrogens with one attached hydrogen (secondary N) is 1. The van der Waals surface area contributed by atoms with Crippen LogP contribution in [-0.4, -0.2) is 54.3 Å². The minimum Gasteiger partial charge on any atom is -0.336 e. The van der Waals surface area contributed by atoms with Crippen molar-refractivity contribution in [3.8, 4) is 0 Å². The van der Waals surface area contributed by atoms with Gasteiger partial charge in [-0.2, -0.15) is 0 Å². The fourth-order valence-corrected chi connectivity index (χ4v) is 4.27. The van der Waals surface area contributed by atoms with E-state index >= 15 is 0 Å². The number of anilines is 1. The minimum atomic E-state index is -0.0979. The van der Waals surface area contributed by atoms with Crippen molar-refractivity contribution in [2.45, 2.75) is 13.3 Å². The average Bonchev–Trinajstić information content (AvgIpc) is 2.69. The van der Waals surface area contributed by atoms with Crippen molar-refractivity contribution in [3.05, 3.63) is 61.6 Å². The molecule has 1 N–H and O–H groups in total. The lowest BCUT2D eigenvalue weighted by molar-refractivity contribution is -0.115. The van der Waals surface area contributed by atoms with Crippen molar-refractivity contribution in [1.82, 2.24) is 9.80 Å². The van der Waals surface area contributed by atoms with Gasteiger partial charge < -0.3 is 15.1 Å². The first-order valence-electron chi connectivity index (χ1n) is 9.31. The van der Waals surface area contributed by atoms with E-state index in [1.165, 1.54) is 0 Å². The Morgan fingerprint density at radius 3 is 2.54 bits per heavy atom. The largest absolute Gasteiger partial charge is 0.336 e. The number of amides is 2. The van der Waals surface area contributed by atoms with Crippen LogP contribution in [0.15, 0.2) is 46.9 Å². The molecule has 2 aromatic rings. The van der Waals surface area contributed by atoms with Gasteiger partial charge in [-0.15, -0.1) is 0 Å². The molecule has 2 amide bonds. The topological polar surface area (TPSA) is 52.6 Å². The number of nitrogens with zero attached hydrogens (tertiary/aromatic N) is 2. The van der Waals surface area contributed by atoms with Gasteiger partial charge in [-0.25, -0.2) is 0 Å². The van der Waals surface area contributed by atoms with Crippen LogP contribution in [0, 0.1) is 3.57 Å². The van der Waals surface area contributed by atoms with E-state index in [1.54, 1.807) is 6.07 Å². The Morgan fingerprint density at radius 1 is 1.11 bits per heavy atom. The highest BCUT2D eigenvalue weighted by atomic mass is 127. The smallest absolute Gasteiger partial charge is 0.255 e. The molecule has 7 heteroatoms. The highest BCUT2D eigenvalue weighted by molar-refractivity contribution is 14.1. The number of rotatable bonds is 5. The maximum atomic E-state index is 12.9. The van der Waals surface area contributed by atoms with Gasteiger partial charge in [0.1, 0.15) is 0 Å². The highest BCUT2D eigenvalue weighted by Gasteiger charge is 2.23. The Kier molecular flexibility index (Phi) is 7.48. The lowest BCUT2D eigenvalue weighted by Gasteiger charge is -2.34. The first-order valence-corrected chi connectivity index (χ1v) is 11.2. The zero-order chi connectivity index (χ0) is 20.1. The zero-order valence-corrected chi connectivity index (χ0v) is 19.5. The molecule has 2 aromatic carbocycles. The van der Waals surface area contributed by atoms with Gasteiger partial charge in [0.2, 0.25) is 5.91 Å². The monoisotopic (exact) mass is 555 g/mol. The fraction of sp³-hybridized carbons (Fsp3) is 0.333. The highest BCUT2D eigenvalue weighted by Crippen LogP contribution is 2.23. The Morgan fingerprint density at radius 2 is 1.86 bits per heavy atom. The van der Waals surface area contributed by atoms with Crippen LogP contribution in [0.1, 0.15) is 22.8 Å². The van der Waals surface area contributed by atoms with E-state index in [9.17, 15) is 9.59 Å². The van der Waals surface area contributed by atoms with Crippen LogP contribution in [0.4, 0.5) is 5.69 Å². The maximum Gasteiger partial charge on any atom is 0.255 e. The van der Waals surface area contributed by atoms with E-state index in [2.05, 4.69) is 55.7 Å². The summed E-state index contributed by atoms with van der Waals surface area (Å²) in [5.74, 6) is -0.101. The second-order valence-electron chi connectivity index (χ2n) is 6.78. The number of carbonyl (C=O) groups is 2. The molecular formula is C21H23BrIN3O2. The summed E-state index contributed by atoms with van der Waals surface area (Å²) in [4.78, 5) is 29.6. The van der Waals surface area contributed by atoms with Crippen LogP contribution in [0.3, 0.4) is 0 Å². The van der Waals surface area contributed by atoms with Crippen LogP contribution in [-0.2, 0) is 11.2 Å². The molecule has 1 saturated heterocycles. The summed E-state index contributed by atoms with van der Waals surface area (Å²) in [6.07, 6.45) is 0.301. The molecule has 148 valence electrons. The van der Waals surface area contributed by atoms with Gasteiger partial charge in [-0.3, -0.25) is 9.59 Å². The molecule has 1 aliphatic heterocycles. The predicted molar refractivity (Wildman–Crippen MR) is 124 cm³/mol. The summed E-state index contributed by atoms with van der Waals surface area (Å²) in [6.45, 7) is 6.38. The van der Waals surface area contributed by atoms with Gasteiger partial charge in [0, 0.05) is 39.9 Å². The van der Waals surface area contributed by atoms with Crippen molar-refractivity contribution < 1.29 is 9.59 Å². The molecule has 0 bridgehead atoms. The van der Waals surface area contributed by atoms with Crippen molar-refractivity contribution >= 4 is 56.0 Å². The number of benzene rings is 2. The van der Waals surface area contributed by atoms with Gasteiger partial charge in [0.15, 0.2) is 0 Å². The second kappa shape index (κ2) is 9.84. The van der Waals surface area contributed by atoms with E-state index in [-0.39, 0.29) is 11.8 Å². The van der Waals surface area contributed by atoms with Gasteiger partial charge in [-0.1, -0.05) is 19.1 Å². The van der Waals surface area contributed by atoms with E-state index in [1.807, 2.05) is 41.3 Å². The van der Waals surface area contributed by atoms with Crippen LogP contribution in [0.2, 0.25) is 0 Å². The molecule has 5 nitrogen and oxygen atoms in total. The number of hydrogen-bond acceptors (Lipinski definition) is 3. The van der Waals surface area contributed by atoms with Crippen LogP contribution in [0.5, 0.6) is 0 Å². The number of likely N-dealkylation sites (N-methyl/N-ethyl adjacent to an activating group) is 1. The number of hydrogen-bond donors (Lipinski definition) is 1. The average molecular weight is 556 g/mol. The molecule has 0 saturated carbocycles. The first-order chi connectivity index (χ1) is 13.5. The summed E-state index contributed by atoms with van der Waals surface area (Å²) in [6, 6.07) is 13.2. The third-order valence-electron chi connectivity index (χ3n) is 4.84. The zero-order valence-electron chi connectivity index (χ0n) is 15.8. The number of carbonyl (C=O) groups excluding carboxylic acids is 2. The first kappa shape index (κ1) is 21.3. The van der Waals surface area contributed by atoms with Crippen molar-refractivity contribution in [1.29, 1.82) is 0 Å². The standard InChI is InChI=1S/C21H23BrIN3O2/c1-2-25-8-10-26(11-9-25)21(28)18-14-17(6-7-19(18)22)24-20(27)13-15-4-3-5-16(23)12-15/h3-7,12,14H,2,8-11,13H2,1H3,(H,24,27). The molecule has 1 aliphatic rings. The van der Waals surface area contributed by atoms with Gasteiger partial charge in [-0.05, 0) is 81.0 Å². The van der Waals surface area contributed by atoms with E-state index in [0.717, 1.165) is 46.3 Å². The molecule has 0 unspecified atom stereocenters. The van der Waals surface area contributed by atoms with Gasteiger partial charge in [0.25, 0.3) is 5.91 Å². The molecule has 0 atom stereocenters. The minimum absolute atomic E-state index is 0.00339. The normalized spacial score (nSPS) is 14.8. The quantitative estimate of drug-likeness (QED) is 0.567. The lowest BCUT2D eigenvalue weighted by atomic mass is 10.1. The van der Waals surface area contributed by atoms with Crippen LogP contribution in [0.25, 0.3) is 0 Å². The molecule has 0 aliphatic carbocycles. The molecule has 0 spiro atoms. The van der Waals surface area contributed by atoms with Crippen LogP contribution >= 0.6 is 38.5 Å². The van der Waals surface area contributed by atoms with Gasteiger partial charge >= 0.3 is 0 Å². The predicted octanol–water partition coefficient (Wildman–Crippen LogP) is 4.01. The third kappa shape index (κ3) is 5.55. The summed E-state index contributed by atoms with van der Waals surface area (Å²) in [5, 5.41) is 2.91. The van der Waals surface area contributed by atoms with Crippen LogP contribution < -0.4 is 5.32 Å². The number of halogens is 2. The molecule has 3 rings (SSSR count). The Bertz CT molecular complexity index is 866. The Labute approximate surface area is 187 Å². The Hall–Kier alpha value is -1.45. The van der Waals surface area contributed by atoms with E-state index in [0.29, 0.717) is 17.7 Å². The molecule has 1 heterocycles. The molecule has 1 fully saturated rings. The maximum absolute atomic E-state index is 12.9.